The molecule has 3 aromatic rings. The summed E-state index contributed by atoms with van der Waals surface area (Å²) < 4.78 is 18.8. The third kappa shape index (κ3) is 5.14. The third-order valence-corrected chi connectivity index (χ3v) is 5.71. The van der Waals surface area contributed by atoms with Gasteiger partial charge in [-0.15, -0.1) is 0 Å². The molecule has 8 nitrogen and oxygen atoms in total. The van der Waals surface area contributed by atoms with E-state index in [-0.39, 0.29) is 29.0 Å². The van der Waals surface area contributed by atoms with Gasteiger partial charge in [0, 0.05) is 42.5 Å². The highest BCUT2D eigenvalue weighted by Crippen LogP contribution is 2.28. The van der Waals surface area contributed by atoms with Gasteiger partial charge in [-0.25, -0.2) is 24.1 Å². The number of rotatable bonds is 6. The Morgan fingerprint density at radius 1 is 1.15 bits per heavy atom. The average molecular weight is 450 g/mol. The largest absolute Gasteiger partial charge is 0.478 e. The molecule has 1 fully saturated rings. The number of carboxylic acid groups (broad SMARTS) is 1. The molecule has 33 heavy (non-hydrogen) atoms. The molecule has 2 aromatic heterocycles. The van der Waals surface area contributed by atoms with Crippen LogP contribution in [-0.4, -0.2) is 56.0 Å². The van der Waals surface area contributed by atoms with Crippen LogP contribution < -0.4 is 4.74 Å². The lowest BCUT2D eigenvalue weighted by molar-refractivity contribution is 0.0503. The molecule has 0 unspecified atom stereocenters. The van der Waals surface area contributed by atoms with Crippen LogP contribution in [0.25, 0.3) is 11.4 Å². The fraction of sp³-hybridized carbons (Fsp3) is 0.292. The van der Waals surface area contributed by atoms with Crippen LogP contribution in [0.4, 0.5) is 4.39 Å². The second kappa shape index (κ2) is 9.72. The Kier molecular flexibility index (Phi) is 6.58. The van der Waals surface area contributed by atoms with Gasteiger partial charge in [0.1, 0.15) is 5.82 Å². The molecule has 1 aliphatic heterocycles. The minimum absolute atomic E-state index is 0.0185. The maximum Gasteiger partial charge on any atom is 0.335 e. The van der Waals surface area contributed by atoms with Gasteiger partial charge in [-0.3, -0.25) is 4.79 Å². The lowest BCUT2D eigenvalue weighted by Gasteiger charge is -2.38. The van der Waals surface area contributed by atoms with Gasteiger partial charge in [0.25, 0.3) is 5.91 Å². The standard InChI is InChI=1S/C24H23FN4O4/c1-15-3-4-16(14-33-21-8-6-18(25)12-28-21)13-29(15)23(30)20-11-17(24(31)32)5-7-19(20)22-26-9-2-10-27-22/h2,5-12,15-16H,3-4,13-14H2,1H3,(H,31,32)/t15-,16+/m0/s1. The second-order valence-corrected chi connectivity index (χ2v) is 8.01. The molecule has 0 bridgehead atoms. The Morgan fingerprint density at radius 2 is 1.94 bits per heavy atom. The number of aromatic carboxylic acids is 1. The molecule has 3 heterocycles. The van der Waals surface area contributed by atoms with E-state index >= 15 is 0 Å². The van der Waals surface area contributed by atoms with E-state index in [2.05, 4.69) is 15.0 Å². The summed E-state index contributed by atoms with van der Waals surface area (Å²) in [7, 11) is 0. The van der Waals surface area contributed by atoms with Gasteiger partial charge in [-0.2, -0.15) is 0 Å². The highest BCUT2D eigenvalue weighted by Gasteiger charge is 2.32. The van der Waals surface area contributed by atoms with E-state index < -0.39 is 11.8 Å². The summed E-state index contributed by atoms with van der Waals surface area (Å²) in [5.74, 6) is -1.11. The predicted octanol–water partition coefficient (Wildman–Crippen LogP) is 3.70. The van der Waals surface area contributed by atoms with Gasteiger partial charge in [-0.05, 0) is 50.1 Å². The molecule has 0 spiro atoms. The third-order valence-electron chi connectivity index (χ3n) is 5.71. The van der Waals surface area contributed by atoms with Crippen LogP contribution in [0.15, 0.2) is 55.0 Å². The first kappa shape index (κ1) is 22.3. The number of pyridine rings is 1. The van der Waals surface area contributed by atoms with Gasteiger partial charge >= 0.3 is 5.97 Å². The van der Waals surface area contributed by atoms with E-state index in [0.717, 1.165) is 19.0 Å². The minimum Gasteiger partial charge on any atom is -0.478 e. The highest BCUT2D eigenvalue weighted by atomic mass is 19.1. The summed E-state index contributed by atoms with van der Waals surface area (Å²) in [5, 5.41) is 9.45. The first-order chi connectivity index (χ1) is 15.9. The zero-order valence-electron chi connectivity index (χ0n) is 18.0. The van der Waals surface area contributed by atoms with E-state index in [0.29, 0.717) is 30.4 Å². The van der Waals surface area contributed by atoms with E-state index in [9.17, 15) is 19.1 Å². The SMILES string of the molecule is C[C@H]1CC[C@@H](COc2ccc(F)cn2)CN1C(=O)c1cc(C(=O)O)ccc1-c1ncccn1. The fourth-order valence-electron chi connectivity index (χ4n) is 3.89. The van der Waals surface area contributed by atoms with Crippen LogP contribution in [-0.2, 0) is 0 Å². The molecular formula is C24H23FN4O4. The van der Waals surface area contributed by atoms with Crippen LogP contribution in [0, 0.1) is 11.7 Å². The molecule has 0 radical (unpaired) electrons. The molecule has 1 saturated heterocycles. The predicted molar refractivity (Wildman–Crippen MR) is 117 cm³/mol. The Morgan fingerprint density at radius 3 is 2.64 bits per heavy atom. The smallest absolute Gasteiger partial charge is 0.335 e. The number of carboxylic acids is 1. The molecule has 1 amide bonds. The van der Waals surface area contributed by atoms with Crippen LogP contribution >= 0.6 is 0 Å². The van der Waals surface area contributed by atoms with Crippen molar-refractivity contribution in [1.82, 2.24) is 19.9 Å². The van der Waals surface area contributed by atoms with E-state index in [1.807, 2.05) is 6.92 Å². The molecule has 9 heteroatoms. The number of amides is 1. The monoisotopic (exact) mass is 450 g/mol. The number of nitrogens with zero attached hydrogens (tertiary/aromatic N) is 4. The first-order valence-electron chi connectivity index (χ1n) is 10.6. The number of benzene rings is 1. The maximum atomic E-state index is 13.6. The first-order valence-corrected chi connectivity index (χ1v) is 10.6. The number of halogens is 1. The molecule has 1 aliphatic rings. The summed E-state index contributed by atoms with van der Waals surface area (Å²) in [6.45, 7) is 2.74. The zero-order chi connectivity index (χ0) is 23.4. The van der Waals surface area contributed by atoms with E-state index in [4.69, 9.17) is 4.74 Å². The summed E-state index contributed by atoms with van der Waals surface area (Å²) in [4.78, 5) is 39.3. The lowest BCUT2D eigenvalue weighted by atomic mass is 9.92. The van der Waals surface area contributed by atoms with Crippen LogP contribution in [0.2, 0.25) is 0 Å². The van der Waals surface area contributed by atoms with Gasteiger partial charge in [0.15, 0.2) is 5.82 Å². The van der Waals surface area contributed by atoms with Crippen molar-refractivity contribution in [2.75, 3.05) is 13.2 Å². The quantitative estimate of drug-likeness (QED) is 0.610. The molecule has 170 valence electrons. The number of hydrogen-bond acceptors (Lipinski definition) is 6. The molecule has 1 aromatic carbocycles. The number of aromatic nitrogens is 3. The summed E-state index contributed by atoms with van der Waals surface area (Å²) in [6.07, 6.45) is 5.86. The van der Waals surface area contributed by atoms with Gasteiger partial charge in [0.05, 0.1) is 23.9 Å². The van der Waals surface area contributed by atoms with E-state index in [1.165, 1.54) is 24.3 Å². The summed E-state index contributed by atoms with van der Waals surface area (Å²) in [6, 6.07) is 8.78. The number of hydrogen-bond donors (Lipinski definition) is 1. The number of likely N-dealkylation sites (tertiary alicyclic amines) is 1. The molecule has 2 atom stereocenters. The van der Waals surface area contributed by atoms with Crippen molar-refractivity contribution in [1.29, 1.82) is 0 Å². The molecular weight excluding hydrogens is 427 g/mol. The average Bonchev–Trinajstić information content (AvgIpc) is 2.84. The second-order valence-electron chi connectivity index (χ2n) is 8.01. The molecule has 4 rings (SSSR count). The Hall–Kier alpha value is -3.88. The maximum absolute atomic E-state index is 13.6. The molecule has 0 saturated carbocycles. The van der Waals surface area contributed by atoms with Crippen molar-refractivity contribution in [2.45, 2.75) is 25.8 Å². The normalized spacial score (nSPS) is 18.1. The van der Waals surface area contributed by atoms with Crippen molar-refractivity contribution in [3.05, 3.63) is 71.9 Å². The van der Waals surface area contributed by atoms with Crippen molar-refractivity contribution < 1.29 is 23.8 Å². The van der Waals surface area contributed by atoms with Crippen molar-refractivity contribution in [2.24, 2.45) is 5.92 Å². The highest BCUT2D eigenvalue weighted by molar-refractivity contribution is 6.02. The summed E-state index contributed by atoms with van der Waals surface area (Å²) >= 11 is 0. The Labute approximate surface area is 190 Å². The van der Waals surface area contributed by atoms with Gasteiger partial charge in [0.2, 0.25) is 5.88 Å². The zero-order valence-corrected chi connectivity index (χ0v) is 18.0. The number of ether oxygens (including phenoxy) is 1. The topological polar surface area (TPSA) is 106 Å². The van der Waals surface area contributed by atoms with Crippen molar-refractivity contribution >= 4 is 11.9 Å². The Balaban J connectivity index is 1.57. The number of carbonyl (C=O) groups excluding carboxylic acids is 1. The van der Waals surface area contributed by atoms with Crippen molar-refractivity contribution in [3.63, 3.8) is 0 Å². The van der Waals surface area contributed by atoms with Gasteiger partial charge < -0.3 is 14.7 Å². The van der Waals surface area contributed by atoms with Crippen molar-refractivity contribution in [3.8, 4) is 17.3 Å². The van der Waals surface area contributed by atoms with Crippen LogP contribution in [0.5, 0.6) is 5.88 Å². The Bertz CT molecular complexity index is 1140. The number of carbonyl (C=O) groups is 2. The number of piperidine rings is 1. The van der Waals surface area contributed by atoms with E-state index in [1.54, 1.807) is 29.4 Å². The minimum atomic E-state index is -1.12. The van der Waals surface area contributed by atoms with Crippen LogP contribution in [0.3, 0.4) is 0 Å². The fourth-order valence-corrected chi connectivity index (χ4v) is 3.89. The molecule has 1 N–H and O–H groups in total. The van der Waals surface area contributed by atoms with Gasteiger partial charge in [-0.1, -0.05) is 0 Å². The summed E-state index contributed by atoms with van der Waals surface area (Å²) in [5.41, 5.74) is 0.742. The lowest BCUT2D eigenvalue weighted by Crippen LogP contribution is -2.47. The molecule has 0 aliphatic carbocycles. The van der Waals surface area contributed by atoms with Crippen LogP contribution in [0.1, 0.15) is 40.5 Å².